The Morgan fingerprint density at radius 1 is 1.02 bits per heavy atom. The molecule has 0 bridgehead atoms. The molecule has 3 aromatic carbocycles. The molecule has 2 aromatic heterocycles. The quantitative estimate of drug-likeness (QED) is 0.175. The van der Waals surface area contributed by atoms with Gasteiger partial charge in [0.05, 0.1) is 42.1 Å². The van der Waals surface area contributed by atoms with Gasteiger partial charge in [-0.15, -0.1) is 0 Å². The molecule has 0 radical (unpaired) electrons. The van der Waals surface area contributed by atoms with E-state index < -0.39 is 12.1 Å². The van der Waals surface area contributed by atoms with E-state index in [4.69, 9.17) is 19.4 Å². The number of fused-ring (bicyclic) bond motifs is 6. The molecule has 3 aliphatic rings. The summed E-state index contributed by atoms with van der Waals surface area (Å²) in [7, 11) is 3.49. The molecule has 0 spiro atoms. The van der Waals surface area contributed by atoms with Gasteiger partial charge in [-0.3, -0.25) is 9.69 Å². The third kappa shape index (κ3) is 5.48. The third-order valence-electron chi connectivity index (χ3n) is 11.0. The number of hydrogen-bond acceptors (Lipinski definition) is 7. The van der Waals surface area contributed by atoms with Crippen LogP contribution in [0.1, 0.15) is 76.3 Å². The van der Waals surface area contributed by atoms with Crippen molar-refractivity contribution in [2.24, 2.45) is 11.8 Å². The average Bonchev–Trinajstić information content (AvgIpc) is 3.91. The van der Waals surface area contributed by atoms with Crippen LogP contribution < -0.4 is 10.1 Å². The zero-order chi connectivity index (χ0) is 34.8. The Hall–Kier alpha value is -4.90. The predicted molar refractivity (Wildman–Crippen MR) is 193 cm³/mol. The minimum absolute atomic E-state index is 0.0167. The lowest BCUT2D eigenvalue weighted by Gasteiger charge is -2.32. The van der Waals surface area contributed by atoms with E-state index in [1.54, 1.807) is 0 Å². The highest BCUT2D eigenvalue weighted by Gasteiger charge is 2.41. The number of amides is 2. The van der Waals surface area contributed by atoms with E-state index in [1.165, 1.54) is 7.11 Å². The molecule has 2 saturated heterocycles. The maximum absolute atomic E-state index is 13.8. The van der Waals surface area contributed by atoms with Crippen LogP contribution in [0.4, 0.5) is 4.79 Å². The fraction of sp³-hybridized carbons (Fsp3) is 0.436. The van der Waals surface area contributed by atoms with Gasteiger partial charge in [0.2, 0.25) is 5.91 Å². The van der Waals surface area contributed by atoms with Crippen molar-refractivity contribution in [1.82, 2.24) is 35.1 Å². The monoisotopic (exact) mass is 675 g/mol. The molecule has 11 heteroatoms. The molecule has 11 nitrogen and oxygen atoms in total. The normalized spacial score (nSPS) is 22.5. The van der Waals surface area contributed by atoms with E-state index >= 15 is 0 Å². The first-order valence-corrected chi connectivity index (χ1v) is 17.7. The summed E-state index contributed by atoms with van der Waals surface area (Å²) in [6, 6.07) is 14.5. The maximum atomic E-state index is 13.8. The van der Waals surface area contributed by atoms with E-state index in [9.17, 15) is 9.59 Å². The van der Waals surface area contributed by atoms with Crippen LogP contribution in [-0.2, 0) is 16.1 Å². The summed E-state index contributed by atoms with van der Waals surface area (Å²) in [6.45, 7) is 9.74. The standard InChI is InChI=1S/C39H45N7O4/c1-20(2)34(44-39(48)49-6)38(47)46-22(4)7-12-31(46)36-40-17-30(42-36)24-8-10-26-25(14-24)19-50-33-16-27-23(15-28(26)33)9-11-29-35(27)43-37(41-29)32-13-21(3)18-45(32)5/h8-11,14-17,20-22,31-32,34H,7,12-13,18-19H2,1-6H3,(H,40,42)(H,41,43)(H,44,48)/t21-,22-,31-,32-,34?/m0/s1. The van der Waals surface area contributed by atoms with Crippen LogP contribution in [0.15, 0.2) is 48.7 Å². The van der Waals surface area contributed by atoms with Crippen molar-refractivity contribution in [2.45, 2.75) is 77.7 Å². The topological polar surface area (TPSA) is 128 Å². The number of nitrogens with zero attached hydrogens (tertiary/aromatic N) is 4. The number of nitrogens with one attached hydrogen (secondary N) is 3. The van der Waals surface area contributed by atoms with E-state index in [0.717, 1.165) is 93.0 Å². The summed E-state index contributed by atoms with van der Waals surface area (Å²) >= 11 is 0. The summed E-state index contributed by atoms with van der Waals surface area (Å²) in [6.07, 6.45) is 3.98. The Morgan fingerprint density at radius 3 is 2.62 bits per heavy atom. The lowest BCUT2D eigenvalue weighted by atomic mass is 9.92. The molecule has 3 N–H and O–H groups in total. The van der Waals surface area contributed by atoms with Crippen LogP contribution in [0.2, 0.25) is 0 Å². The number of hydrogen-bond donors (Lipinski definition) is 3. The van der Waals surface area contributed by atoms with Gasteiger partial charge < -0.3 is 29.7 Å². The van der Waals surface area contributed by atoms with Gasteiger partial charge in [0.25, 0.3) is 0 Å². The van der Waals surface area contributed by atoms with Crippen molar-refractivity contribution >= 4 is 33.8 Å². The lowest BCUT2D eigenvalue weighted by molar-refractivity contribution is -0.137. The van der Waals surface area contributed by atoms with Crippen molar-refractivity contribution in [2.75, 3.05) is 20.7 Å². The summed E-state index contributed by atoms with van der Waals surface area (Å²) in [5.74, 6) is 3.08. The van der Waals surface area contributed by atoms with Crippen molar-refractivity contribution < 1.29 is 19.1 Å². The largest absolute Gasteiger partial charge is 0.488 e. The molecule has 260 valence electrons. The van der Waals surface area contributed by atoms with Gasteiger partial charge in [0, 0.05) is 23.5 Å². The second-order valence-electron chi connectivity index (χ2n) is 14.8. The first kappa shape index (κ1) is 32.3. The molecule has 0 saturated carbocycles. The van der Waals surface area contributed by atoms with Gasteiger partial charge in [-0.1, -0.05) is 39.0 Å². The van der Waals surface area contributed by atoms with Gasteiger partial charge in [-0.05, 0) is 91.4 Å². The Morgan fingerprint density at radius 2 is 1.86 bits per heavy atom. The number of benzene rings is 3. The number of rotatable bonds is 6. The first-order valence-electron chi connectivity index (χ1n) is 17.7. The second kappa shape index (κ2) is 12.5. The molecule has 5 heterocycles. The van der Waals surface area contributed by atoms with Gasteiger partial charge in [-0.25, -0.2) is 14.8 Å². The zero-order valence-electron chi connectivity index (χ0n) is 29.5. The molecule has 8 rings (SSSR count). The average molecular weight is 676 g/mol. The number of carbonyl (C=O) groups is 2. The Balaban J connectivity index is 1.06. The molecule has 0 aliphatic carbocycles. The highest BCUT2D eigenvalue weighted by atomic mass is 16.5. The summed E-state index contributed by atoms with van der Waals surface area (Å²) < 4.78 is 11.2. The van der Waals surface area contributed by atoms with Crippen molar-refractivity contribution in [3.63, 3.8) is 0 Å². The Labute approximate surface area is 291 Å². The zero-order valence-corrected chi connectivity index (χ0v) is 29.5. The minimum Gasteiger partial charge on any atom is -0.488 e. The van der Waals surface area contributed by atoms with E-state index in [2.05, 4.69) is 76.6 Å². The van der Waals surface area contributed by atoms with Crippen LogP contribution in [0.25, 0.3) is 44.2 Å². The van der Waals surface area contributed by atoms with Crippen molar-refractivity contribution in [3.8, 4) is 28.1 Å². The molecular weight excluding hydrogens is 630 g/mol. The molecule has 1 unspecified atom stereocenters. The maximum Gasteiger partial charge on any atom is 0.407 e. The molecular formula is C39H45N7O4. The molecule has 5 atom stereocenters. The van der Waals surface area contributed by atoms with Crippen LogP contribution in [0.5, 0.6) is 5.75 Å². The van der Waals surface area contributed by atoms with Gasteiger partial charge >= 0.3 is 6.09 Å². The Kier molecular flexibility index (Phi) is 8.05. The number of likely N-dealkylation sites (tertiary alicyclic amines) is 2. The van der Waals surface area contributed by atoms with Gasteiger partial charge in [-0.2, -0.15) is 0 Å². The number of ether oxygens (including phenoxy) is 2. The van der Waals surface area contributed by atoms with Crippen LogP contribution >= 0.6 is 0 Å². The summed E-state index contributed by atoms with van der Waals surface area (Å²) in [5.41, 5.74) is 7.27. The van der Waals surface area contributed by atoms with Gasteiger partial charge in [0.15, 0.2) is 0 Å². The summed E-state index contributed by atoms with van der Waals surface area (Å²) in [4.78, 5) is 47.1. The lowest BCUT2D eigenvalue weighted by Crippen LogP contribution is -2.52. The first-order chi connectivity index (χ1) is 24.1. The van der Waals surface area contributed by atoms with E-state index in [1.807, 2.05) is 31.9 Å². The number of aromatic amines is 2. The highest BCUT2D eigenvalue weighted by Crippen LogP contribution is 2.43. The Bertz CT molecular complexity index is 2120. The molecule has 2 amide bonds. The smallest absolute Gasteiger partial charge is 0.407 e. The number of carbonyl (C=O) groups excluding carboxylic acids is 2. The number of aromatic nitrogens is 4. The fourth-order valence-corrected chi connectivity index (χ4v) is 8.35. The molecule has 2 fully saturated rings. The van der Waals surface area contributed by atoms with E-state index in [0.29, 0.717) is 18.6 Å². The second-order valence-corrected chi connectivity index (χ2v) is 14.8. The van der Waals surface area contributed by atoms with E-state index in [-0.39, 0.29) is 23.9 Å². The van der Waals surface area contributed by atoms with Crippen molar-refractivity contribution in [3.05, 3.63) is 65.9 Å². The summed E-state index contributed by atoms with van der Waals surface area (Å²) in [5, 5.41) is 5.00. The van der Waals surface area contributed by atoms with Crippen LogP contribution in [0.3, 0.4) is 0 Å². The molecule has 5 aromatic rings. The van der Waals surface area contributed by atoms with Crippen molar-refractivity contribution in [1.29, 1.82) is 0 Å². The predicted octanol–water partition coefficient (Wildman–Crippen LogP) is 7.11. The highest BCUT2D eigenvalue weighted by molar-refractivity contribution is 6.07. The fourth-order valence-electron chi connectivity index (χ4n) is 8.35. The number of imidazole rings is 2. The third-order valence-corrected chi connectivity index (χ3v) is 11.0. The van der Waals surface area contributed by atoms with Gasteiger partial charge in [0.1, 0.15) is 30.0 Å². The van der Waals surface area contributed by atoms with Crippen LogP contribution in [-0.4, -0.2) is 74.5 Å². The van der Waals surface area contributed by atoms with Crippen LogP contribution in [0, 0.1) is 11.8 Å². The molecule has 3 aliphatic heterocycles. The number of methoxy groups -OCH3 is 1. The SMILES string of the molecule is COC(=O)NC(C(=O)N1[C@@H](C)CC[C@H]1c1ncc(-c2ccc3c(c2)COc2cc4c(ccc5nc([C@@H]6C[C@H](C)CN6C)[nH]c54)cc2-3)[nH]1)C(C)C. The number of H-pyrrole nitrogens is 2. The minimum atomic E-state index is -0.688. The number of alkyl carbamates (subject to hydrolysis) is 1. The molecule has 50 heavy (non-hydrogen) atoms.